The molecular formula is C15H21NO2. The SMILES string of the molecule is CC1Cc2cc(C(=O)O)c(C(C)C)nc2C(C)C1. The van der Waals surface area contributed by atoms with E-state index in [2.05, 4.69) is 18.8 Å². The molecule has 2 atom stereocenters. The van der Waals surface area contributed by atoms with E-state index in [1.807, 2.05) is 19.9 Å². The predicted octanol–water partition coefficient (Wildman–Crippen LogP) is 3.59. The van der Waals surface area contributed by atoms with Crippen LogP contribution >= 0.6 is 0 Å². The third kappa shape index (κ3) is 2.26. The van der Waals surface area contributed by atoms with Crippen LogP contribution in [0.5, 0.6) is 0 Å². The van der Waals surface area contributed by atoms with Crippen LogP contribution in [0.2, 0.25) is 0 Å². The molecule has 0 amide bonds. The molecule has 2 rings (SSSR count). The molecule has 0 fully saturated rings. The first kappa shape index (κ1) is 13.1. The lowest BCUT2D eigenvalue weighted by atomic mass is 9.80. The lowest BCUT2D eigenvalue weighted by Gasteiger charge is -2.28. The minimum absolute atomic E-state index is 0.146. The highest BCUT2D eigenvalue weighted by Gasteiger charge is 2.26. The molecule has 1 aliphatic carbocycles. The summed E-state index contributed by atoms with van der Waals surface area (Å²) < 4.78 is 0. The van der Waals surface area contributed by atoms with Gasteiger partial charge in [-0.05, 0) is 42.2 Å². The van der Waals surface area contributed by atoms with Gasteiger partial charge in [-0.25, -0.2) is 4.79 Å². The maximum absolute atomic E-state index is 11.3. The second-order valence-electron chi connectivity index (χ2n) is 5.87. The molecule has 3 heteroatoms. The van der Waals surface area contributed by atoms with Gasteiger partial charge < -0.3 is 5.11 Å². The highest BCUT2D eigenvalue weighted by Crippen LogP contribution is 2.35. The number of carboxylic acids is 1. The van der Waals surface area contributed by atoms with E-state index in [1.54, 1.807) is 0 Å². The number of pyridine rings is 1. The summed E-state index contributed by atoms with van der Waals surface area (Å²) in [6, 6.07) is 1.85. The van der Waals surface area contributed by atoms with E-state index in [9.17, 15) is 9.90 Å². The smallest absolute Gasteiger partial charge is 0.337 e. The van der Waals surface area contributed by atoms with Crippen LogP contribution in [0.4, 0.5) is 0 Å². The Labute approximate surface area is 108 Å². The van der Waals surface area contributed by atoms with E-state index in [0.29, 0.717) is 17.4 Å². The van der Waals surface area contributed by atoms with Crippen LogP contribution in [-0.4, -0.2) is 16.1 Å². The molecule has 2 unspecified atom stereocenters. The van der Waals surface area contributed by atoms with Crippen LogP contribution in [0.1, 0.15) is 73.3 Å². The summed E-state index contributed by atoms with van der Waals surface area (Å²) >= 11 is 0. The van der Waals surface area contributed by atoms with Crippen molar-refractivity contribution in [1.82, 2.24) is 4.98 Å². The molecule has 0 spiro atoms. The van der Waals surface area contributed by atoms with E-state index < -0.39 is 5.97 Å². The van der Waals surface area contributed by atoms with Crippen molar-refractivity contribution >= 4 is 5.97 Å². The van der Waals surface area contributed by atoms with Gasteiger partial charge in [-0.3, -0.25) is 4.98 Å². The predicted molar refractivity (Wildman–Crippen MR) is 71.2 cm³/mol. The van der Waals surface area contributed by atoms with Crippen molar-refractivity contribution in [2.45, 2.75) is 52.4 Å². The Morgan fingerprint density at radius 1 is 1.44 bits per heavy atom. The molecule has 1 aromatic heterocycles. The third-order valence-electron chi connectivity index (χ3n) is 3.73. The number of fused-ring (bicyclic) bond motifs is 1. The minimum atomic E-state index is -0.861. The maximum Gasteiger partial charge on any atom is 0.337 e. The molecule has 98 valence electrons. The molecule has 18 heavy (non-hydrogen) atoms. The standard InChI is InChI=1S/C15H21NO2/c1-8(2)13-12(15(17)18)7-11-6-9(3)5-10(4)14(11)16-13/h7-10H,5-6H2,1-4H3,(H,17,18). The Morgan fingerprint density at radius 2 is 2.11 bits per heavy atom. The van der Waals surface area contributed by atoms with Crippen molar-refractivity contribution in [2.75, 3.05) is 0 Å². The first-order valence-electron chi connectivity index (χ1n) is 6.67. The maximum atomic E-state index is 11.3. The van der Waals surface area contributed by atoms with Crippen LogP contribution in [0, 0.1) is 5.92 Å². The van der Waals surface area contributed by atoms with Gasteiger partial charge in [0.1, 0.15) is 0 Å². The van der Waals surface area contributed by atoms with Crippen LogP contribution in [0.25, 0.3) is 0 Å². The third-order valence-corrected chi connectivity index (χ3v) is 3.73. The summed E-state index contributed by atoms with van der Waals surface area (Å²) in [4.78, 5) is 16.0. The van der Waals surface area contributed by atoms with Crippen molar-refractivity contribution in [2.24, 2.45) is 5.92 Å². The zero-order chi connectivity index (χ0) is 13.4. The largest absolute Gasteiger partial charge is 0.478 e. The monoisotopic (exact) mass is 247 g/mol. The summed E-state index contributed by atoms with van der Waals surface area (Å²) in [5.74, 6) is 0.331. The van der Waals surface area contributed by atoms with Gasteiger partial charge in [0, 0.05) is 5.69 Å². The minimum Gasteiger partial charge on any atom is -0.478 e. The first-order chi connectivity index (χ1) is 8.40. The van der Waals surface area contributed by atoms with E-state index in [-0.39, 0.29) is 5.92 Å². The summed E-state index contributed by atoms with van der Waals surface area (Å²) in [5, 5.41) is 9.31. The van der Waals surface area contributed by atoms with Crippen molar-refractivity contribution in [3.8, 4) is 0 Å². The number of nitrogens with zero attached hydrogens (tertiary/aromatic N) is 1. The van der Waals surface area contributed by atoms with Gasteiger partial charge >= 0.3 is 5.97 Å². The van der Waals surface area contributed by atoms with Crippen molar-refractivity contribution in [3.05, 3.63) is 28.6 Å². The topological polar surface area (TPSA) is 50.2 Å². The van der Waals surface area contributed by atoms with Gasteiger partial charge in [0.05, 0.1) is 11.3 Å². The van der Waals surface area contributed by atoms with Crippen LogP contribution in [0.3, 0.4) is 0 Å². The lowest BCUT2D eigenvalue weighted by molar-refractivity contribution is 0.0694. The zero-order valence-corrected chi connectivity index (χ0v) is 11.5. The van der Waals surface area contributed by atoms with Crippen LogP contribution in [0.15, 0.2) is 6.07 Å². The average molecular weight is 247 g/mol. The van der Waals surface area contributed by atoms with E-state index in [4.69, 9.17) is 0 Å². The van der Waals surface area contributed by atoms with Crippen molar-refractivity contribution in [3.63, 3.8) is 0 Å². The van der Waals surface area contributed by atoms with Gasteiger partial charge in [-0.2, -0.15) is 0 Å². The fourth-order valence-corrected chi connectivity index (χ4v) is 2.96. The molecule has 0 saturated heterocycles. The van der Waals surface area contributed by atoms with Gasteiger partial charge in [0.2, 0.25) is 0 Å². The van der Waals surface area contributed by atoms with E-state index >= 15 is 0 Å². The average Bonchev–Trinajstić information content (AvgIpc) is 2.26. The first-order valence-corrected chi connectivity index (χ1v) is 6.67. The lowest BCUT2D eigenvalue weighted by Crippen LogP contribution is -2.20. The molecule has 1 aromatic rings. The summed E-state index contributed by atoms with van der Waals surface area (Å²) in [6.07, 6.45) is 2.09. The second-order valence-corrected chi connectivity index (χ2v) is 5.87. The van der Waals surface area contributed by atoms with Crippen molar-refractivity contribution < 1.29 is 9.90 Å². The summed E-state index contributed by atoms with van der Waals surface area (Å²) in [7, 11) is 0. The summed E-state index contributed by atoms with van der Waals surface area (Å²) in [6.45, 7) is 8.40. The number of aromatic carboxylic acids is 1. The molecule has 3 nitrogen and oxygen atoms in total. The van der Waals surface area contributed by atoms with Gasteiger partial charge in [0.15, 0.2) is 0 Å². The molecule has 1 aliphatic rings. The summed E-state index contributed by atoms with van der Waals surface area (Å²) in [5.41, 5.74) is 3.34. The Hall–Kier alpha value is -1.38. The van der Waals surface area contributed by atoms with E-state index in [1.165, 1.54) is 0 Å². The number of aromatic nitrogens is 1. The Kier molecular flexibility index (Phi) is 3.42. The molecule has 0 saturated carbocycles. The molecule has 0 aromatic carbocycles. The van der Waals surface area contributed by atoms with E-state index in [0.717, 1.165) is 29.8 Å². The quantitative estimate of drug-likeness (QED) is 0.868. The highest BCUT2D eigenvalue weighted by molar-refractivity contribution is 5.89. The Bertz CT molecular complexity index is 480. The number of rotatable bonds is 2. The number of carboxylic acid groups (broad SMARTS) is 1. The van der Waals surface area contributed by atoms with Crippen LogP contribution < -0.4 is 0 Å². The fraction of sp³-hybridized carbons (Fsp3) is 0.600. The fourth-order valence-electron chi connectivity index (χ4n) is 2.96. The molecular weight excluding hydrogens is 226 g/mol. The molecule has 1 heterocycles. The molecule has 0 aliphatic heterocycles. The normalized spacial score (nSPS) is 22.9. The zero-order valence-electron chi connectivity index (χ0n) is 11.5. The number of hydrogen-bond acceptors (Lipinski definition) is 2. The second kappa shape index (κ2) is 4.71. The van der Waals surface area contributed by atoms with Crippen molar-refractivity contribution in [1.29, 1.82) is 0 Å². The molecule has 0 bridgehead atoms. The Morgan fingerprint density at radius 3 is 2.67 bits per heavy atom. The van der Waals surface area contributed by atoms with Gasteiger partial charge in [-0.1, -0.05) is 27.7 Å². The number of carbonyl (C=O) groups is 1. The molecule has 1 N–H and O–H groups in total. The van der Waals surface area contributed by atoms with Gasteiger partial charge in [-0.15, -0.1) is 0 Å². The molecule has 0 radical (unpaired) electrons. The highest BCUT2D eigenvalue weighted by atomic mass is 16.4. The number of hydrogen-bond donors (Lipinski definition) is 1. The van der Waals surface area contributed by atoms with Gasteiger partial charge in [0.25, 0.3) is 0 Å². The Balaban J connectivity index is 2.58. The van der Waals surface area contributed by atoms with Crippen LogP contribution in [-0.2, 0) is 6.42 Å².